The van der Waals surface area contributed by atoms with Crippen molar-refractivity contribution in [2.75, 3.05) is 6.54 Å². The minimum atomic E-state index is -0.795. The van der Waals surface area contributed by atoms with Gasteiger partial charge in [-0.15, -0.1) is 0 Å². The summed E-state index contributed by atoms with van der Waals surface area (Å²) < 4.78 is 0. The van der Waals surface area contributed by atoms with E-state index in [2.05, 4.69) is 16.1 Å². The Morgan fingerprint density at radius 2 is 1.96 bits per heavy atom. The maximum Gasteiger partial charge on any atom is 0.258 e. The van der Waals surface area contributed by atoms with Gasteiger partial charge in [0.25, 0.3) is 5.91 Å². The molecule has 0 saturated carbocycles. The Morgan fingerprint density at radius 3 is 2.48 bits per heavy atom. The van der Waals surface area contributed by atoms with Crippen LogP contribution in [0.25, 0.3) is 0 Å². The number of nitrogens with one attached hydrogen (secondary N) is 3. The molecule has 0 radical (unpaired) electrons. The summed E-state index contributed by atoms with van der Waals surface area (Å²) in [5.74, 6) is -1.43. The second kappa shape index (κ2) is 8.47. The van der Waals surface area contributed by atoms with Gasteiger partial charge in [-0.2, -0.15) is 0 Å². The average molecular weight is 327 g/mol. The van der Waals surface area contributed by atoms with Crippen molar-refractivity contribution in [1.29, 1.82) is 0 Å². The SMILES string of the molecule is CC(NC(=O)C(NC=O)C(C)C)C(=O)N1CCCC(C(N)=O)N1. The third-order valence-electron chi connectivity index (χ3n) is 3.72. The van der Waals surface area contributed by atoms with E-state index in [0.29, 0.717) is 25.8 Å². The maximum absolute atomic E-state index is 12.4. The van der Waals surface area contributed by atoms with Crippen molar-refractivity contribution in [2.24, 2.45) is 11.7 Å². The fourth-order valence-electron chi connectivity index (χ4n) is 2.39. The van der Waals surface area contributed by atoms with Gasteiger partial charge >= 0.3 is 0 Å². The average Bonchev–Trinajstić information content (AvgIpc) is 2.51. The van der Waals surface area contributed by atoms with E-state index in [1.807, 2.05) is 0 Å². The van der Waals surface area contributed by atoms with Gasteiger partial charge in [-0.1, -0.05) is 13.8 Å². The number of hydrogen-bond acceptors (Lipinski definition) is 5. The zero-order chi connectivity index (χ0) is 17.6. The van der Waals surface area contributed by atoms with Gasteiger partial charge in [-0.25, -0.2) is 5.43 Å². The lowest BCUT2D eigenvalue weighted by molar-refractivity contribution is -0.142. The molecule has 9 heteroatoms. The first kappa shape index (κ1) is 18.9. The molecule has 0 spiro atoms. The first-order chi connectivity index (χ1) is 10.8. The van der Waals surface area contributed by atoms with E-state index >= 15 is 0 Å². The van der Waals surface area contributed by atoms with E-state index in [1.54, 1.807) is 20.8 Å². The molecular weight excluding hydrogens is 302 g/mol. The van der Waals surface area contributed by atoms with Crippen molar-refractivity contribution in [3.63, 3.8) is 0 Å². The van der Waals surface area contributed by atoms with Crippen LogP contribution in [0.3, 0.4) is 0 Å². The molecule has 3 unspecified atom stereocenters. The summed E-state index contributed by atoms with van der Waals surface area (Å²) in [5.41, 5.74) is 8.01. The number of hydrazine groups is 1. The maximum atomic E-state index is 12.4. The molecule has 1 fully saturated rings. The van der Waals surface area contributed by atoms with Gasteiger partial charge in [0.2, 0.25) is 18.2 Å². The lowest BCUT2D eigenvalue weighted by Gasteiger charge is -2.34. The van der Waals surface area contributed by atoms with Crippen LogP contribution in [0.4, 0.5) is 0 Å². The van der Waals surface area contributed by atoms with Crippen LogP contribution in [-0.2, 0) is 19.2 Å². The van der Waals surface area contributed by atoms with Crippen LogP contribution in [0.5, 0.6) is 0 Å². The second-order valence-electron chi connectivity index (χ2n) is 5.95. The quantitative estimate of drug-likeness (QED) is 0.411. The third kappa shape index (κ3) is 5.20. The van der Waals surface area contributed by atoms with Crippen molar-refractivity contribution >= 4 is 24.1 Å². The van der Waals surface area contributed by atoms with Gasteiger partial charge in [-0.05, 0) is 25.7 Å². The van der Waals surface area contributed by atoms with Crippen LogP contribution >= 0.6 is 0 Å². The van der Waals surface area contributed by atoms with Crippen molar-refractivity contribution in [3.8, 4) is 0 Å². The third-order valence-corrected chi connectivity index (χ3v) is 3.72. The number of amides is 4. The first-order valence-corrected chi connectivity index (χ1v) is 7.64. The number of nitrogens with zero attached hydrogens (tertiary/aromatic N) is 1. The van der Waals surface area contributed by atoms with Crippen LogP contribution in [0.1, 0.15) is 33.6 Å². The summed E-state index contributed by atoms with van der Waals surface area (Å²) in [7, 11) is 0. The fourth-order valence-corrected chi connectivity index (χ4v) is 2.39. The van der Waals surface area contributed by atoms with Gasteiger partial charge in [0.1, 0.15) is 18.1 Å². The topological polar surface area (TPSA) is 134 Å². The van der Waals surface area contributed by atoms with Crippen LogP contribution in [-0.4, -0.2) is 53.8 Å². The number of primary amides is 1. The van der Waals surface area contributed by atoms with Crippen LogP contribution < -0.4 is 21.8 Å². The molecule has 0 aromatic rings. The molecule has 0 bridgehead atoms. The summed E-state index contributed by atoms with van der Waals surface area (Å²) in [6.07, 6.45) is 1.67. The Balaban J connectivity index is 2.63. The highest BCUT2D eigenvalue weighted by molar-refractivity contribution is 5.90. The number of carbonyl (C=O) groups excluding carboxylic acids is 4. The number of nitrogens with two attached hydrogens (primary N) is 1. The standard InChI is InChI=1S/C14H25N5O4/c1-8(2)11(16-7-20)13(22)17-9(3)14(23)19-6-4-5-10(18-19)12(15)21/h7-11,18H,4-6H2,1-3H3,(H2,15,21)(H,16,20)(H,17,22). The first-order valence-electron chi connectivity index (χ1n) is 7.64. The van der Waals surface area contributed by atoms with E-state index in [-0.39, 0.29) is 11.8 Å². The fraction of sp³-hybridized carbons (Fsp3) is 0.714. The minimum absolute atomic E-state index is 0.116. The summed E-state index contributed by atoms with van der Waals surface area (Å²) in [5, 5.41) is 6.32. The molecule has 1 saturated heterocycles. The Hall–Kier alpha value is -2.16. The minimum Gasteiger partial charge on any atom is -0.368 e. The molecule has 0 aromatic carbocycles. The normalized spacial score (nSPS) is 20.5. The highest BCUT2D eigenvalue weighted by atomic mass is 16.2. The molecule has 0 aliphatic carbocycles. The molecule has 3 atom stereocenters. The van der Waals surface area contributed by atoms with Crippen LogP contribution in [0.15, 0.2) is 0 Å². The number of hydrogen-bond donors (Lipinski definition) is 4. The van der Waals surface area contributed by atoms with E-state index in [1.165, 1.54) is 5.01 Å². The molecular formula is C14H25N5O4. The van der Waals surface area contributed by atoms with Gasteiger partial charge in [-0.3, -0.25) is 24.2 Å². The van der Waals surface area contributed by atoms with Crippen molar-refractivity contribution in [1.82, 2.24) is 21.1 Å². The molecule has 1 aliphatic heterocycles. The predicted molar refractivity (Wildman–Crippen MR) is 82.5 cm³/mol. The predicted octanol–water partition coefficient (Wildman–Crippen LogP) is -1.76. The lowest BCUT2D eigenvalue weighted by Crippen LogP contribution is -2.61. The van der Waals surface area contributed by atoms with Gasteiger partial charge in [0.15, 0.2) is 0 Å². The second-order valence-corrected chi connectivity index (χ2v) is 5.95. The highest BCUT2D eigenvalue weighted by Crippen LogP contribution is 2.09. The number of rotatable bonds is 7. The summed E-state index contributed by atoms with van der Waals surface area (Å²) in [6.45, 7) is 5.56. The van der Waals surface area contributed by atoms with Crippen molar-refractivity contribution in [3.05, 3.63) is 0 Å². The van der Waals surface area contributed by atoms with Crippen molar-refractivity contribution < 1.29 is 19.2 Å². The number of carbonyl (C=O) groups is 4. The van der Waals surface area contributed by atoms with E-state index in [0.717, 1.165) is 0 Å². The highest BCUT2D eigenvalue weighted by Gasteiger charge is 2.31. The smallest absolute Gasteiger partial charge is 0.258 e. The zero-order valence-electron chi connectivity index (χ0n) is 13.7. The monoisotopic (exact) mass is 327 g/mol. The van der Waals surface area contributed by atoms with E-state index < -0.39 is 29.9 Å². The molecule has 1 rings (SSSR count). The molecule has 23 heavy (non-hydrogen) atoms. The Kier molecular flexibility index (Phi) is 6.95. The Labute approximate surface area is 135 Å². The van der Waals surface area contributed by atoms with Gasteiger partial charge in [0, 0.05) is 6.54 Å². The molecule has 1 heterocycles. The van der Waals surface area contributed by atoms with Gasteiger partial charge in [0.05, 0.1) is 0 Å². The van der Waals surface area contributed by atoms with Crippen molar-refractivity contribution in [2.45, 2.75) is 51.7 Å². The molecule has 130 valence electrons. The van der Waals surface area contributed by atoms with E-state index in [9.17, 15) is 19.2 Å². The Bertz CT molecular complexity index is 468. The Morgan fingerprint density at radius 1 is 1.30 bits per heavy atom. The van der Waals surface area contributed by atoms with E-state index in [4.69, 9.17) is 5.73 Å². The molecule has 0 aromatic heterocycles. The largest absolute Gasteiger partial charge is 0.368 e. The van der Waals surface area contributed by atoms with Crippen LogP contribution in [0.2, 0.25) is 0 Å². The summed E-state index contributed by atoms with van der Waals surface area (Å²) in [4.78, 5) is 46.3. The summed E-state index contributed by atoms with van der Waals surface area (Å²) >= 11 is 0. The molecule has 5 N–H and O–H groups in total. The molecule has 1 aliphatic rings. The molecule has 9 nitrogen and oxygen atoms in total. The summed E-state index contributed by atoms with van der Waals surface area (Å²) in [6, 6.07) is -2.09. The molecule has 4 amide bonds. The van der Waals surface area contributed by atoms with Gasteiger partial charge < -0.3 is 16.4 Å². The zero-order valence-corrected chi connectivity index (χ0v) is 13.7. The lowest BCUT2D eigenvalue weighted by atomic mass is 10.0. The van der Waals surface area contributed by atoms with Crippen LogP contribution in [0, 0.1) is 5.92 Å².